The van der Waals surface area contributed by atoms with E-state index in [0.29, 0.717) is 19.9 Å². The molecule has 3 heterocycles. The Morgan fingerprint density at radius 3 is 2.37 bits per heavy atom. The SMILES string of the molecule is O=C1NCN(c2ccccc2)C12CCN([C@@H]1CCOC[C@]1(O)c1ccccc1)CC2. The Morgan fingerprint density at radius 1 is 1.00 bits per heavy atom. The van der Waals surface area contributed by atoms with Crippen LogP contribution < -0.4 is 10.2 Å². The summed E-state index contributed by atoms with van der Waals surface area (Å²) in [5, 5.41) is 14.7. The second-order valence-electron chi connectivity index (χ2n) is 8.64. The summed E-state index contributed by atoms with van der Waals surface area (Å²) in [7, 11) is 0. The third kappa shape index (κ3) is 3.11. The Morgan fingerprint density at radius 2 is 1.67 bits per heavy atom. The summed E-state index contributed by atoms with van der Waals surface area (Å²) in [6, 6.07) is 20.0. The number of hydrogen-bond donors (Lipinski definition) is 2. The van der Waals surface area contributed by atoms with E-state index in [0.717, 1.165) is 43.6 Å². The van der Waals surface area contributed by atoms with Gasteiger partial charge in [0.05, 0.1) is 13.3 Å². The number of hydrogen-bond acceptors (Lipinski definition) is 5. The maximum absolute atomic E-state index is 12.9. The number of nitrogens with zero attached hydrogens (tertiary/aromatic N) is 2. The van der Waals surface area contributed by atoms with Gasteiger partial charge in [-0.05, 0) is 37.0 Å². The molecule has 1 amide bonds. The maximum Gasteiger partial charge on any atom is 0.247 e. The van der Waals surface area contributed by atoms with Crippen LogP contribution in [0.5, 0.6) is 0 Å². The van der Waals surface area contributed by atoms with E-state index in [-0.39, 0.29) is 11.9 Å². The lowest BCUT2D eigenvalue weighted by Crippen LogP contribution is -2.62. The van der Waals surface area contributed by atoms with Crippen molar-refractivity contribution in [2.24, 2.45) is 0 Å². The highest BCUT2D eigenvalue weighted by molar-refractivity contribution is 5.93. The third-order valence-corrected chi connectivity index (χ3v) is 7.15. The first-order valence-electron chi connectivity index (χ1n) is 10.8. The van der Waals surface area contributed by atoms with Gasteiger partial charge in [-0.2, -0.15) is 0 Å². The average Bonchev–Trinajstić information content (AvgIpc) is 3.11. The Hall–Kier alpha value is -2.41. The molecule has 0 saturated carbocycles. The summed E-state index contributed by atoms with van der Waals surface area (Å²) in [5.74, 6) is 0.122. The number of nitrogens with one attached hydrogen (secondary N) is 1. The van der Waals surface area contributed by atoms with Gasteiger partial charge in [0.1, 0.15) is 11.1 Å². The van der Waals surface area contributed by atoms with Gasteiger partial charge in [-0.25, -0.2) is 0 Å². The van der Waals surface area contributed by atoms with Crippen LogP contribution in [-0.4, -0.2) is 60.5 Å². The first-order chi connectivity index (χ1) is 14.6. The van der Waals surface area contributed by atoms with Crippen LogP contribution in [-0.2, 0) is 15.1 Å². The van der Waals surface area contributed by atoms with Crippen molar-refractivity contribution in [1.82, 2.24) is 10.2 Å². The predicted molar refractivity (Wildman–Crippen MR) is 115 cm³/mol. The summed E-state index contributed by atoms with van der Waals surface area (Å²) in [6.07, 6.45) is 2.28. The van der Waals surface area contributed by atoms with Crippen LogP contribution in [0.15, 0.2) is 60.7 Å². The molecule has 2 aromatic rings. The number of rotatable bonds is 3. The molecule has 3 fully saturated rings. The van der Waals surface area contributed by atoms with Gasteiger partial charge in [0.2, 0.25) is 5.91 Å². The highest BCUT2D eigenvalue weighted by atomic mass is 16.5. The molecular formula is C24H29N3O3. The monoisotopic (exact) mass is 407 g/mol. The molecule has 0 unspecified atom stereocenters. The molecule has 2 aromatic carbocycles. The molecule has 0 aromatic heterocycles. The van der Waals surface area contributed by atoms with Crippen molar-refractivity contribution < 1.29 is 14.6 Å². The first kappa shape index (κ1) is 19.5. The van der Waals surface area contributed by atoms with Crippen LogP contribution in [0, 0.1) is 0 Å². The lowest BCUT2D eigenvalue weighted by Gasteiger charge is -2.50. The molecule has 2 atom stereocenters. The van der Waals surface area contributed by atoms with Crippen molar-refractivity contribution in [3.05, 3.63) is 66.2 Å². The minimum Gasteiger partial charge on any atom is -0.381 e. The van der Waals surface area contributed by atoms with Crippen molar-refractivity contribution in [3.8, 4) is 0 Å². The molecule has 30 heavy (non-hydrogen) atoms. The second-order valence-corrected chi connectivity index (χ2v) is 8.64. The van der Waals surface area contributed by atoms with Gasteiger partial charge in [0.15, 0.2) is 0 Å². The molecule has 2 N–H and O–H groups in total. The van der Waals surface area contributed by atoms with Crippen molar-refractivity contribution >= 4 is 11.6 Å². The molecule has 158 valence electrons. The Kier molecular flexibility index (Phi) is 5.01. The topological polar surface area (TPSA) is 65.0 Å². The maximum atomic E-state index is 12.9. The van der Waals surface area contributed by atoms with E-state index in [1.165, 1.54) is 0 Å². The zero-order chi connectivity index (χ0) is 20.6. The molecule has 3 aliphatic rings. The van der Waals surface area contributed by atoms with E-state index in [9.17, 15) is 9.90 Å². The highest BCUT2D eigenvalue weighted by Gasteiger charge is 2.53. The van der Waals surface area contributed by atoms with E-state index in [2.05, 4.69) is 27.2 Å². The fourth-order valence-corrected chi connectivity index (χ4v) is 5.48. The van der Waals surface area contributed by atoms with Crippen molar-refractivity contribution in [2.45, 2.75) is 36.4 Å². The van der Waals surface area contributed by atoms with Crippen molar-refractivity contribution in [3.63, 3.8) is 0 Å². The number of benzene rings is 2. The number of carbonyl (C=O) groups is 1. The molecule has 3 aliphatic heterocycles. The molecular weight excluding hydrogens is 378 g/mol. The summed E-state index contributed by atoms with van der Waals surface area (Å²) in [6.45, 7) is 3.05. The summed E-state index contributed by atoms with van der Waals surface area (Å²) >= 11 is 0. The summed E-state index contributed by atoms with van der Waals surface area (Å²) < 4.78 is 5.70. The molecule has 0 bridgehead atoms. The molecule has 3 saturated heterocycles. The van der Waals surface area contributed by atoms with Crippen LogP contribution in [0.25, 0.3) is 0 Å². The molecule has 6 heteroatoms. The smallest absolute Gasteiger partial charge is 0.247 e. The summed E-state index contributed by atoms with van der Waals surface area (Å²) in [4.78, 5) is 17.5. The first-order valence-corrected chi connectivity index (χ1v) is 10.8. The molecule has 5 rings (SSSR count). The zero-order valence-corrected chi connectivity index (χ0v) is 17.2. The van der Waals surface area contributed by atoms with E-state index in [1.54, 1.807) is 0 Å². The quantitative estimate of drug-likeness (QED) is 0.816. The number of para-hydroxylation sites is 1. The predicted octanol–water partition coefficient (Wildman–Crippen LogP) is 2.09. The molecule has 0 radical (unpaired) electrons. The minimum absolute atomic E-state index is 0.0133. The Balaban J connectivity index is 1.38. The average molecular weight is 408 g/mol. The molecule has 0 aliphatic carbocycles. The highest BCUT2D eigenvalue weighted by Crippen LogP contribution is 2.40. The van der Waals surface area contributed by atoms with Crippen LogP contribution in [0.3, 0.4) is 0 Å². The van der Waals surface area contributed by atoms with E-state index in [1.807, 2.05) is 48.5 Å². The van der Waals surface area contributed by atoms with Gasteiger partial charge in [-0.15, -0.1) is 0 Å². The van der Waals surface area contributed by atoms with Crippen LogP contribution in [0.2, 0.25) is 0 Å². The third-order valence-electron chi connectivity index (χ3n) is 7.15. The van der Waals surface area contributed by atoms with Crippen LogP contribution in [0.4, 0.5) is 5.69 Å². The van der Waals surface area contributed by atoms with Crippen molar-refractivity contribution in [2.75, 3.05) is 37.9 Å². The Labute approximate surface area is 177 Å². The van der Waals surface area contributed by atoms with Gasteiger partial charge in [-0.3, -0.25) is 9.69 Å². The van der Waals surface area contributed by atoms with Gasteiger partial charge in [-0.1, -0.05) is 48.5 Å². The number of anilines is 1. The van der Waals surface area contributed by atoms with Crippen LogP contribution >= 0.6 is 0 Å². The minimum atomic E-state index is -1.03. The van der Waals surface area contributed by atoms with Gasteiger partial charge in [0.25, 0.3) is 0 Å². The normalized spacial score (nSPS) is 29.2. The van der Waals surface area contributed by atoms with Gasteiger partial charge < -0.3 is 20.1 Å². The van der Waals surface area contributed by atoms with Gasteiger partial charge >= 0.3 is 0 Å². The van der Waals surface area contributed by atoms with E-state index >= 15 is 0 Å². The van der Waals surface area contributed by atoms with Crippen LogP contribution in [0.1, 0.15) is 24.8 Å². The van der Waals surface area contributed by atoms with E-state index in [4.69, 9.17) is 4.74 Å². The largest absolute Gasteiger partial charge is 0.381 e. The van der Waals surface area contributed by atoms with Gasteiger partial charge in [0, 0.05) is 31.4 Å². The second kappa shape index (κ2) is 7.69. The van der Waals surface area contributed by atoms with E-state index < -0.39 is 11.1 Å². The molecule has 1 spiro atoms. The fourth-order valence-electron chi connectivity index (χ4n) is 5.48. The standard InChI is InChI=1S/C24H29N3O3/c28-22-23(27(18-25-22)20-9-5-2-6-10-20)12-14-26(15-13-23)21-11-16-30-17-24(21,29)19-7-3-1-4-8-19/h1-10,21,29H,11-18H2,(H,25,28)/t21-,24+/m1/s1. The number of aliphatic hydroxyl groups is 1. The number of piperidine rings is 1. The lowest BCUT2D eigenvalue weighted by atomic mass is 9.79. The zero-order valence-electron chi connectivity index (χ0n) is 17.2. The molecule has 6 nitrogen and oxygen atoms in total. The Bertz CT molecular complexity index is 883. The fraction of sp³-hybridized carbons (Fsp3) is 0.458. The summed E-state index contributed by atoms with van der Waals surface area (Å²) in [5.41, 5.74) is 0.449. The number of amides is 1. The number of likely N-dealkylation sites (tertiary alicyclic amines) is 1. The lowest BCUT2D eigenvalue weighted by molar-refractivity contribution is -0.150. The number of ether oxygens (including phenoxy) is 1. The number of carbonyl (C=O) groups excluding carboxylic acids is 1. The van der Waals surface area contributed by atoms with Crippen molar-refractivity contribution in [1.29, 1.82) is 0 Å².